The number of nitrogens with zero attached hydrogens (tertiary/aromatic N) is 1. The van der Waals surface area contributed by atoms with Crippen LogP contribution in [0.4, 0.5) is 11.4 Å². The molecule has 0 saturated heterocycles. The molecule has 0 fully saturated rings. The minimum atomic E-state index is 0.512. The lowest BCUT2D eigenvalue weighted by Gasteiger charge is -2.11. The Morgan fingerprint density at radius 3 is 2.82 bits per heavy atom. The van der Waals surface area contributed by atoms with Crippen molar-refractivity contribution in [1.82, 2.24) is 4.98 Å². The van der Waals surface area contributed by atoms with Gasteiger partial charge in [-0.3, -0.25) is 9.78 Å². The molecule has 0 saturated carbocycles. The zero-order valence-electron chi connectivity index (χ0n) is 9.38. The third-order valence-corrected chi connectivity index (χ3v) is 2.36. The molecule has 4 nitrogen and oxygen atoms in total. The first kappa shape index (κ1) is 11.1. The van der Waals surface area contributed by atoms with Crippen molar-refractivity contribution in [2.24, 2.45) is 0 Å². The zero-order valence-corrected chi connectivity index (χ0v) is 9.38. The fourth-order valence-corrected chi connectivity index (χ4v) is 1.51. The SMILES string of the molecule is COc1ccccc1Nc1ccncc1C=O. The van der Waals surface area contributed by atoms with E-state index < -0.39 is 0 Å². The average molecular weight is 228 g/mol. The summed E-state index contributed by atoms with van der Waals surface area (Å²) in [6.07, 6.45) is 3.92. The number of carbonyl (C=O) groups excluding carboxylic acids is 1. The number of para-hydroxylation sites is 2. The summed E-state index contributed by atoms with van der Waals surface area (Å²) in [5.41, 5.74) is 2.03. The third-order valence-electron chi connectivity index (χ3n) is 2.36. The van der Waals surface area contributed by atoms with E-state index in [-0.39, 0.29) is 0 Å². The van der Waals surface area contributed by atoms with Crippen molar-refractivity contribution in [3.8, 4) is 5.75 Å². The van der Waals surface area contributed by atoms with Gasteiger partial charge in [-0.2, -0.15) is 0 Å². The van der Waals surface area contributed by atoms with Gasteiger partial charge in [0.1, 0.15) is 5.75 Å². The maximum Gasteiger partial charge on any atom is 0.153 e. The number of anilines is 2. The molecule has 86 valence electrons. The number of hydrogen-bond acceptors (Lipinski definition) is 4. The highest BCUT2D eigenvalue weighted by molar-refractivity contribution is 5.85. The molecule has 0 spiro atoms. The van der Waals surface area contributed by atoms with Crippen LogP contribution in [0.15, 0.2) is 42.7 Å². The summed E-state index contributed by atoms with van der Waals surface area (Å²) in [5, 5.41) is 3.15. The van der Waals surface area contributed by atoms with Gasteiger partial charge in [0.25, 0.3) is 0 Å². The molecule has 1 N–H and O–H groups in total. The van der Waals surface area contributed by atoms with Gasteiger partial charge in [0.15, 0.2) is 6.29 Å². The molecule has 0 amide bonds. The molecule has 2 aromatic rings. The van der Waals surface area contributed by atoms with Crippen molar-refractivity contribution in [3.63, 3.8) is 0 Å². The molecule has 0 unspecified atom stereocenters. The predicted octanol–water partition coefficient (Wildman–Crippen LogP) is 2.65. The Balaban J connectivity index is 2.34. The van der Waals surface area contributed by atoms with Crippen LogP contribution in [0, 0.1) is 0 Å². The number of pyridine rings is 1. The van der Waals surface area contributed by atoms with Crippen LogP contribution in [-0.4, -0.2) is 18.4 Å². The van der Waals surface area contributed by atoms with Gasteiger partial charge in [-0.05, 0) is 18.2 Å². The van der Waals surface area contributed by atoms with E-state index in [9.17, 15) is 4.79 Å². The smallest absolute Gasteiger partial charge is 0.153 e. The summed E-state index contributed by atoms with van der Waals surface area (Å²) in [7, 11) is 1.60. The number of nitrogens with one attached hydrogen (secondary N) is 1. The number of benzene rings is 1. The van der Waals surface area contributed by atoms with Gasteiger partial charge in [-0.1, -0.05) is 12.1 Å². The second-order valence-corrected chi connectivity index (χ2v) is 3.41. The monoisotopic (exact) mass is 228 g/mol. The van der Waals surface area contributed by atoms with Crippen LogP contribution in [0.3, 0.4) is 0 Å². The average Bonchev–Trinajstić information content (AvgIpc) is 2.40. The van der Waals surface area contributed by atoms with E-state index in [1.165, 1.54) is 6.20 Å². The van der Waals surface area contributed by atoms with Gasteiger partial charge in [-0.15, -0.1) is 0 Å². The van der Waals surface area contributed by atoms with E-state index in [2.05, 4.69) is 10.3 Å². The van der Waals surface area contributed by atoms with Crippen molar-refractivity contribution in [1.29, 1.82) is 0 Å². The molecule has 0 radical (unpaired) electrons. The Morgan fingerprint density at radius 1 is 1.24 bits per heavy atom. The van der Waals surface area contributed by atoms with Crippen molar-refractivity contribution < 1.29 is 9.53 Å². The normalized spacial score (nSPS) is 9.71. The fourth-order valence-electron chi connectivity index (χ4n) is 1.51. The lowest BCUT2D eigenvalue weighted by Crippen LogP contribution is -1.98. The summed E-state index contributed by atoms with van der Waals surface area (Å²) in [6, 6.07) is 9.26. The second-order valence-electron chi connectivity index (χ2n) is 3.41. The van der Waals surface area contributed by atoms with Gasteiger partial charge in [0.2, 0.25) is 0 Å². The molecule has 4 heteroatoms. The van der Waals surface area contributed by atoms with Gasteiger partial charge < -0.3 is 10.1 Å². The van der Waals surface area contributed by atoms with Gasteiger partial charge in [0.05, 0.1) is 24.0 Å². The number of aldehydes is 1. The molecule has 2 rings (SSSR count). The maximum absolute atomic E-state index is 10.9. The molecule has 1 aromatic heterocycles. The van der Waals surface area contributed by atoms with E-state index in [0.29, 0.717) is 11.3 Å². The van der Waals surface area contributed by atoms with Crippen LogP contribution in [0.2, 0.25) is 0 Å². The fraction of sp³-hybridized carbons (Fsp3) is 0.0769. The summed E-state index contributed by atoms with van der Waals surface area (Å²) < 4.78 is 5.22. The van der Waals surface area contributed by atoms with Crippen molar-refractivity contribution in [3.05, 3.63) is 48.3 Å². The molecular weight excluding hydrogens is 216 g/mol. The van der Waals surface area contributed by atoms with E-state index in [4.69, 9.17) is 4.74 Å². The van der Waals surface area contributed by atoms with E-state index in [1.807, 2.05) is 24.3 Å². The van der Waals surface area contributed by atoms with Crippen LogP contribution in [0.25, 0.3) is 0 Å². The van der Waals surface area contributed by atoms with Crippen LogP contribution in [0.5, 0.6) is 5.75 Å². The van der Waals surface area contributed by atoms with E-state index >= 15 is 0 Å². The highest BCUT2D eigenvalue weighted by Gasteiger charge is 2.05. The largest absolute Gasteiger partial charge is 0.495 e. The Bertz CT molecular complexity index is 526. The number of ether oxygens (including phenoxy) is 1. The first-order valence-electron chi connectivity index (χ1n) is 5.14. The number of rotatable bonds is 4. The molecule has 0 bridgehead atoms. The molecule has 0 atom stereocenters. The molecular formula is C13H12N2O2. The summed E-state index contributed by atoms with van der Waals surface area (Å²) in [5.74, 6) is 0.723. The topological polar surface area (TPSA) is 51.2 Å². The Hall–Kier alpha value is -2.36. The van der Waals surface area contributed by atoms with Crippen molar-refractivity contribution in [2.75, 3.05) is 12.4 Å². The number of methoxy groups -OCH3 is 1. The first-order valence-corrected chi connectivity index (χ1v) is 5.14. The van der Waals surface area contributed by atoms with Crippen LogP contribution < -0.4 is 10.1 Å². The van der Waals surface area contributed by atoms with Crippen LogP contribution >= 0.6 is 0 Å². The molecule has 17 heavy (non-hydrogen) atoms. The van der Waals surface area contributed by atoms with E-state index in [1.54, 1.807) is 19.4 Å². The number of hydrogen-bond donors (Lipinski definition) is 1. The molecule has 1 aromatic carbocycles. The minimum absolute atomic E-state index is 0.512. The van der Waals surface area contributed by atoms with Gasteiger partial charge >= 0.3 is 0 Å². The van der Waals surface area contributed by atoms with Gasteiger partial charge in [-0.25, -0.2) is 0 Å². The van der Waals surface area contributed by atoms with Gasteiger partial charge in [0, 0.05) is 12.4 Å². The quantitative estimate of drug-likeness (QED) is 0.817. The number of carbonyl (C=O) groups is 1. The lowest BCUT2D eigenvalue weighted by atomic mass is 10.2. The molecule has 0 aliphatic carbocycles. The lowest BCUT2D eigenvalue weighted by molar-refractivity contribution is 0.112. The zero-order chi connectivity index (χ0) is 12.1. The molecule has 0 aliphatic rings. The molecule has 0 aliphatic heterocycles. The highest BCUT2D eigenvalue weighted by Crippen LogP contribution is 2.27. The van der Waals surface area contributed by atoms with Crippen molar-refractivity contribution >= 4 is 17.7 Å². The number of aromatic nitrogens is 1. The Labute approximate surface area is 99.3 Å². The van der Waals surface area contributed by atoms with E-state index in [0.717, 1.165) is 17.7 Å². The Morgan fingerprint density at radius 2 is 2.06 bits per heavy atom. The summed E-state index contributed by atoms with van der Waals surface area (Å²) in [4.78, 5) is 14.8. The highest BCUT2D eigenvalue weighted by atomic mass is 16.5. The standard InChI is InChI=1S/C13H12N2O2/c1-17-13-5-3-2-4-12(13)15-11-6-7-14-8-10(11)9-16/h2-9H,1H3,(H,14,15). The predicted molar refractivity (Wildman–Crippen MR) is 65.9 cm³/mol. The summed E-state index contributed by atoms with van der Waals surface area (Å²) in [6.45, 7) is 0. The van der Waals surface area contributed by atoms with Crippen molar-refractivity contribution in [2.45, 2.75) is 0 Å². The third kappa shape index (κ3) is 2.42. The Kier molecular flexibility index (Phi) is 3.35. The molecule has 1 heterocycles. The second kappa shape index (κ2) is 5.12. The summed E-state index contributed by atoms with van der Waals surface area (Å²) >= 11 is 0. The first-order chi connectivity index (χ1) is 8.35. The maximum atomic E-state index is 10.9. The van der Waals surface area contributed by atoms with Crippen LogP contribution in [0.1, 0.15) is 10.4 Å². The minimum Gasteiger partial charge on any atom is -0.495 e. The van der Waals surface area contributed by atoms with Crippen LogP contribution in [-0.2, 0) is 0 Å².